The summed E-state index contributed by atoms with van der Waals surface area (Å²) in [5.74, 6) is 1.41. The first-order valence-corrected chi connectivity index (χ1v) is 10.1. The molecule has 1 amide bonds. The Balaban J connectivity index is 1.35. The average molecular weight is 425 g/mol. The maximum Gasteiger partial charge on any atom is 0.387 e. The molecule has 2 aromatic rings. The first kappa shape index (κ1) is 20.3. The van der Waals surface area contributed by atoms with Gasteiger partial charge in [-0.05, 0) is 48.5 Å². The fraction of sp³-hybridized carbons (Fsp3) is 0.286. The Hall–Kier alpha value is -3.95. The van der Waals surface area contributed by atoms with E-state index < -0.39 is 0 Å². The quantitative estimate of drug-likeness (QED) is 0.437. The Morgan fingerprint density at radius 3 is 1.71 bits per heavy atom. The number of amides is 1. The fourth-order valence-electron chi connectivity index (χ4n) is 3.35. The number of hydrogen-bond acceptors (Lipinski definition) is 7. The number of anilines is 3. The van der Waals surface area contributed by atoms with Crippen LogP contribution in [0.4, 0.5) is 17.1 Å². The summed E-state index contributed by atoms with van der Waals surface area (Å²) in [5, 5.41) is 15.9. The summed E-state index contributed by atoms with van der Waals surface area (Å²) in [5.41, 5.74) is 3.04. The third-order valence-electron chi connectivity index (χ3n) is 4.97. The van der Waals surface area contributed by atoms with Gasteiger partial charge in [0.15, 0.2) is 0 Å². The first-order chi connectivity index (χ1) is 15.2. The second kappa shape index (κ2) is 9.24. The van der Waals surface area contributed by atoms with Gasteiger partial charge < -0.3 is 15.0 Å². The van der Waals surface area contributed by atoms with Crippen molar-refractivity contribution in [3.05, 3.63) is 54.1 Å². The number of benzene rings is 2. The van der Waals surface area contributed by atoms with Gasteiger partial charge >= 0.3 is 11.9 Å². The summed E-state index contributed by atoms with van der Waals surface area (Å²) in [7, 11) is 3.26. The molecule has 0 atom stereocenters. The lowest BCUT2D eigenvalue weighted by molar-refractivity contribution is -0.774. The third-order valence-corrected chi connectivity index (χ3v) is 4.97. The number of carbonyl (C=O) groups excluding carboxylic acids is 1. The molecule has 0 fully saturated rings. The lowest BCUT2D eigenvalue weighted by Crippen LogP contribution is -2.30. The van der Waals surface area contributed by atoms with Gasteiger partial charge in [-0.15, -0.1) is 0 Å². The molecule has 2 aromatic carbocycles. The van der Waals surface area contributed by atoms with Crippen LogP contribution in [-0.4, -0.2) is 67.7 Å². The van der Waals surface area contributed by atoms with Gasteiger partial charge in [0.2, 0.25) is 0 Å². The summed E-state index contributed by atoms with van der Waals surface area (Å²) in [6.45, 7) is 3.18. The molecular weight excluding hydrogens is 398 g/mol. The highest BCUT2D eigenvalue weighted by atomic mass is 16.7. The summed E-state index contributed by atoms with van der Waals surface area (Å²) in [6.07, 6.45) is 0. The zero-order valence-electron chi connectivity index (χ0n) is 17.6. The molecule has 5 N–H and O–H groups in total. The second-order valence-corrected chi connectivity index (χ2v) is 6.98. The van der Waals surface area contributed by atoms with Crippen LogP contribution in [-0.2, 0) is 9.68 Å². The Morgan fingerprint density at radius 1 is 0.774 bits per heavy atom. The smallest absolute Gasteiger partial charge is 0.365 e. The van der Waals surface area contributed by atoms with Crippen molar-refractivity contribution in [2.45, 2.75) is 0 Å². The van der Waals surface area contributed by atoms with E-state index in [0.29, 0.717) is 11.3 Å². The Bertz CT molecular complexity index is 1000. The normalized spacial score (nSPS) is 15.3. The van der Waals surface area contributed by atoms with Gasteiger partial charge in [0.25, 0.3) is 5.91 Å². The van der Waals surface area contributed by atoms with Crippen molar-refractivity contribution in [3.8, 4) is 0 Å². The van der Waals surface area contributed by atoms with Crippen LogP contribution in [0.2, 0.25) is 0 Å². The van der Waals surface area contributed by atoms with Crippen LogP contribution >= 0.6 is 0 Å². The maximum atomic E-state index is 12.6. The lowest BCUT2D eigenvalue weighted by Gasteiger charge is -2.08. The molecule has 31 heavy (non-hydrogen) atoms. The number of nitrogens with zero attached hydrogens (tertiary/aromatic N) is 2. The zero-order chi connectivity index (χ0) is 21.6. The molecular formula is C21H27N7O3+2. The van der Waals surface area contributed by atoms with E-state index in [9.17, 15) is 4.79 Å². The molecule has 10 nitrogen and oxygen atoms in total. The van der Waals surface area contributed by atoms with Crippen molar-refractivity contribution >= 4 is 34.9 Å². The highest BCUT2D eigenvalue weighted by Gasteiger charge is 2.22. The van der Waals surface area contributed by atoms with E-state index in [-0.39, 0.29) is 5.91 Å². The summed E-state index contributed by atoms with van der Waals surface area (Å²) in [4.78, 5) is 23.1. The minimum absolute atomic E-state index is 0.171. The first-order valence-electron chi connectivity index (χ1n) is 10.1. The number of guanidine groups is 2. The van der Waals surface area contributed by atoms with Gasteiger partial charge in [-0.2, -0.15) is 0 Å². The van der Waals surface area contributed by atoms with Crippen LogP contribution in [0.5, 0.6) is 0 Å². The molecule has 0 radical (unpaired) electrons. The number of carbonyl (C=O) groups is 1. The lowest BCUT2D eigenvalue weighted by atomic mass is 10.2. The molecule has 0 aliphatic carbocycles. The van der Waals surface area contributed by atoms with Crippen LogP contribution in [0.1, 0.15) is 10.4 Å². The maximum absolute atomic E-state index is 12.6. The standard InChI is InChI=1S/C21H25N7O3/c1-30-27-13-11-22-20(27)25-17-5-3-15(4-6-17)19(29)24-16-7-9-18(10-8-16)26-21-23-12-14-28(21)31-2/h3-10H,11-14H2,1-2H3,(H3,22,23,24,25,26,29)/p+2. The minimum Gasteiger partial charge on any atom is -0.365 e. The molecule has 162 valence electrons. The van der Waals surface area contributed by atoms with Crippen molar-refractivity contribution in [1.82, 2.24) is 10.6 Å². The van der Waals surface area contributed by atoms with Crippen LogP contribution in [0, 0.1) is 0 Å². The number of hydrogen-bond donors (Lipinski definition) is 5. The molecule has 2 heterocycles. The molecule has 0 aromatic heterocycles. The predicted molar refractivity (Wildman–Crippen MR) is 118 cm³/mol. The van der Waals surface area contributed by atoms with Crippen LogP contribution < -0.4 is 26.6 Å². The van der Waals surface area contributed by atoms with E-state index in [2.05, 4.69) is 26.6 Å². The van der Waals surface area contributed by atoms with Crippen LogP contribution in [0.25, 0.3) is 0 Å². The minimum atomic E-state index is -0.171. The summed E-state index contributed by atoms with van der Waals surface area (Å²) < 4.78 is 3.50. The van der Waals surface area contributed by atoms with Crippen molar-refractivity contribution in [3.63, 3.8) is 0 Å². The second-order valence-electron chi connectivity index (χ2n) is 6.98. The van der Waals surface area contributed by atoms with Gasteiger partial charge in [-0.1, -0.05) is 9.48 Å². The topological polar surface area (TPSA) is 102 Å². The number of hydroxylamine groups is 2. The van der Waals surface area contributed by atoms with E-state index >= 15 is 0 Å². The third kappa shape index (κ3) is 4.80. The van der Waals surface area contributed by atoms with Crippen molar-refractivity contribution in [2.24, 2.45) is 0 Å². The van der Waals surface area contributed by atoms with Crippen LogP contribution in [0.3, 0.4) is 0 Å². The van der Waals surface area contributed by atoms with E-state index in [1.165, 1.54) is 0 Å². The predicted octanol–water partition coefficient (Wildman–Crippen LogP) is 0.829. The molecule has 0 spiro atoms. The summed E-state index contributed by atoms with van der Waals surface area (Å²) >= 11 is 0. The SMILES string of the molecule is CO[N+]1=C(Nc2ccc(NC(=O)c3ccc(NC4=[N+](OC)CCN4)cc3)cc2)NCC1. The van der Waals surface area contributed by atoms with Gasteiger partial charge in [0, 0.05) is 11.3 Å². The largest absolute Gasteiger partial charge is 0.387 e. The van der Waals surface area contributed by atoms with Crippen molar-refractivity contribution in [2.75, 3.05) is 56.3 Å². The Kier molecular flexibility index (Phi) is 6.06. The monoisotopic (exact) mass is 425 g/mol. The Labute approximate surface area is 180 Å². The van der Waals surface area contributed by atoms with E-state index in [1.54, 1.807) is 35.8 Å². The van der Waals surface area contributed by atoms with Gasteiger partial charge in [0.05, 0.1) is 24.5 Å². The van der Waals surface area contributed by atoms with Gasteiger partial charge in [-0.25, -0.2) is 10.6 Å². The van der Waals surface area contributed by atoms with Crippen LogP contribution in [0.15, 0.2) is 48.5 Å². The highest BCUT2D eigenvalue weighted by molar-refractivity contribution is 6.04. The highest BCUT2D eigenvalue weighted by Crippen LogP contribution is 2.16. The van der Waals surface area contributed by atoms with Gasteiger partial charge in [-0.3, -0.25) is 15.4 Å². The molecule has 0 unspecified atom stereocenters. The van der Waals surface area contributed by atoms with Crippen molar-refractivity contribution < 1.29 is 23.9 Å². The molecule has 4 rings (SSSR count). The molecule has 0 saturated carbocycles. The van der Waals surface area contributed by atoms with Gasteiger partial charge in [0.1, 0.15) is 27.3 Å². The number of rotatable bonds is 6. The van der Waals surface area contributed by atoms with Crippen molar-refractivity contribution in [1.29, 1.82) is 0 Å². The Morgan fingerprint density at radius 2 is 1.23 bits per heavy atom. The summed E-state index contributed by atoms with van der Waals surface area (Å²) in [6, 6.07) is 14.8. The van der Waals surface area contributed by atoms with E-state index in [4.69, 9.17) is 9.68 Å². The molecule has 10 heteroatoms. The average Bonchev–Trinajstić information content (AvgIpc) is 3.44. The molecule has 0 saturated heterocycles. The van der Waals surface area contributed by atoms with E-state index in [0.717, 1.165) is 49.5 Å². The molecule has 2 aliphatic rings. The fourth-order valence-corrected chi connectivity index (χ4v) is 3.35. The van der Waals surface area contributed by atoms with E-state index in [1.807, 2.05) is 36.4 Å². The molecule has 0 bridgehead atoms. The zero-order valence-corrected chi connectivity index (χ0v) is 17.6. The number of nitrogens with one attached hydrogen (secondary N) is 5. The molecule has 2 aliphatic heterocycles.